The van der Waals surface area contributed by atoms with Gasteiger partial charge in [-0.15, -0.1) is 4.91 Å². The number of nitro groups is 1. The van der Waals surface area contributed by atoms with Crippen LogP contribution in [0.2, 0.25) is 0 Å². The third-order valence-electron chi connectivity index (χ3n) is 0.727. The molecule has 7 heteroatoms. The van der Waals surface area contributed by atoms with Crippen molar-refractivity contribution in [2.45, 2.75) is 0 Å². The van der Waals surface area contributed by atoms with E-state index in [-0.39, 0.29) is 10.1 Å². The van der Waals surface area contributed by atoms with Gasteiger partial charge in [-0.05, 0) is 26.4 Å². The molecule has 0 aromatic carbocycles. The highest BCUT2D eigenvalue weighted by atomic mass is 32.1. The molecule has 1 aromatic heterocycles. The second-order valence-corrected chi connectivity index (χ2v) is 2.32. The van der Waals surface area contributed by atoms with Gasteiger partial charge in [-0.1, -0.05) is 0 Å². The molecule has 0 bridgehead atoms. The standard InChI is InChI=1S/C3HN3O3S/c7-5-2-1-4-3(10-2)6(8)9/h1H. The highest BCUT2D eigenvalue weighted by Gasteiger charge is 2.12. The summed E-state index contributed by atoms with van der Waals surface area (Å²) in [6.07, 6.45) is 1.07. The van der Waals surface area contributed by atoms with Crippen molar-refractivity contribution in [2.75, 3.05) is 0 Å². The Kier molecular flexibility index (Phi) is 1.67. The Hall–Kier alpha value is -1.37. The van der Waals surface area contributed by atoms with E-state index in [0.717, 1.165) is 6.20 Å². The number of nitrogens with zero attached hydrogens (tertiary/aromatic N) is 3. The molecule has 0 fully saturated rings. The third kappa shape index (κ3) is 1.13. The summed E-state index contributed by atoms with van der Waals surface area (Å²) in [7, 11) is 0. The first-order chi connectivity index (χ1) is 4.74. The summed E-state index contributed by atoms with van der Waals surface area (Å²) in [5.41, 5.74) is 0. The van der Waals surface area contributed by atoms with Crippen LogP contribution in [-0.2, 0) is 0 Å². The van der Waals surface area contributed by atoms with Gasteiger partial charge >= 0.3 is 5.13 Å². The molecule has 52 valence electrons. The zero-order valence-electron chi connectivity index (χ0n) is 4.55. The van der Waals surface area contributed by atoms with Gasteiger partial charge in [-0.2, -0.15) is 0 Å². The fraction of sp³-hybridized carbons (Fsp3) is 0. The molecule has 1 heterocycles. The van der Waals surface area contributed by atoms with Gasteiger partial charge in [-0.25, -0.2) is 0 Å². The topological polar surface area (TPSA) is 85.5 Å². The molecule has 0 saturated carbocycles. The van der Waals surface area contributed by atoms with E-state index < -0.39 is 4.92 Å². The molecule has 10 heavy (non-hydrogen) atoms. The molecule has 0 aliphatic heterocycles. The Labute approximate surface area is 58.6 Å². The third-order valence-corrected chi connectivity index (χ3v) is 1.55. The van der Waals surface area contributed by atoms with Gasteiger partial charge in [0, 0.05) is 0 Å². The minimum atomic E-state index is -0.667. The Morgan fingerprint density at radius 3 is 2.80 bits per heavy atom. The van der Waals surface area contributed by atoms with Crippen LogP contribution in [0.15, 0.2) is 11.4 Å². The summed E-state index contributed by atoms with van der Waals surface area (Å²) >= 11 is 0.652. The lowest BCUT2D eigenvalue weighted by Gasteiger charge is -1.80. The van der Waals surface area contributed by atoms with E-state index >= 15 is 0 Å². The van der Waals surface area contributed by atoms with Crippen LogP contribution in [0.5, 0.6) is 0 Å². The molecule has 0 saturated heterocycles. The van der Waals surface area contributed by atoms with Crippen molar-refractivity contribution < 1.29 is 4.92 Å². The van der Waals surface area contributed by atoms with E-state index in [1.807, 2.05) is 0 Å². The Balaban J connectivity index is 2.98. The van der Waals surface area contributed by atoms with Crippen LogP contribution in [-0.4, -0.2) is 9.91 Å². The summed E-state index contributed by atoms with van der Waals surface area (Å²) < 4.78 is 0. The molecule has 0 N–H and O–H groups in total. The Bertz CT molecular complexity index is 270. The second kappa shape index (κ2) is 2.48. The largest absolute Gasteiger partial charge is 0.425 e. The molecule has 1 rings (SSSR count). The van der Waals surface area contributed by atoms with Gasteiger partial charge in [0.15, 0.2) is 6.20 Å². The molecule has 0 atom stereocenters. The number of hydrogen-bond donors (Lipinski definition) is 0. The number of thiazole rings is 1. The number of rotatable bonds is 2. The first-order valence-corrected chi connectivity index (χ1v) is 2.99. The summed E-state index contributed by atoms with van der Waals surface area (Å²) in [6, 6.07) is 0. The van der Waals surface area contributed by atoms with Crippen molar-refractivity contribution in [1.82, 2.24) is 4.98 Å². The lowest BCUT2D eigenvalue weighted by atomic mass is 10.9. The number of nitroso groups, excluding NO2 is 1. The van der Waals surface area contributed by atoms with Crippen LogP contribution in [0.1, 0.15) is 0 Å². The summed E-state index contributed by atoms with van der Waals surface area (Å²) in [5, 5.41) is 12.1. The molecule has 0 aliphatic rings. The van der Waals surface area contributed by atoms with Gasteiger partial charge in [0.25, 0.3) is 0 Å². The van der Waals surface area contributed by atoms with Crippen LogP contribution in [0.4, 0.5) is 10.1 Å². The van der Waals surface area contributed by atoms with E-state index in [1.165, 1.54) is 0 Å². The van der Waals surface area contributed by atoms with Gasteiger partial charge in [0.2, 0.25) is 5.00 Å². The first kappa shape index (κ1) is 6.75. The maximum atomic E-state index is 9.94. The molecule has 1 aromatic rings. The van der Waals surface area contributed by atoms with E-state index in [1.54, 1.807) is 0 Å². The van der Waals surface area contributed by atoms with Gasteiger partial charge in [-0.3, -0.25) is 0 Å². The minimum Gasteiger partial charge on any atom is -0.357 e. The fourth-order valence-electron chi connectivity index (χ4n) is 0.383. The predicted molar refractivity (Wildman–Crippen MR) is 34.2 cm³/mol. The zero-order chi connectivity index (χ0) is 7.56. The molecule has 0 unspecified atom stereocenters. The smallest absolute Gasteiger partial charge is 0.357 e. The Morgan fingerprint density at radius 1 is 1.80 bits per heavy atom. The van der Waals surface area contributed by atoms with Crippen molar-refractivity contribution in [2.24, 2.45) is 5.18 Å². The normalized spacial score (nSPS) is 9.20. The minimum absolute atomic E-state index is 0.0201. The lowest BCUT2D eigenvalue weighted by molar-refractivity contribution is -0.384. The highest BCUT2D eigenvalue weighted by Crippen LogP contribution is 2.26. The summed E-state index contributed by atoms with van der Waals surface area (Å²) in [5.74, 6) is 0. The molecule has 0 radical (unpaired) electrons. The first-order valence-electron chi connectivity index (χ1n) is 2.17. The van der Waals surface area contributed by atoms with Crippen molar-refractivity contribution in [3.8, 4) is 0 Å². The van der Waals surface area contributed by atoms with E-state index in [4.69, 9.17) is 0 Å². The maximum Gasteiger partial charge on any atom is 0.425 e. The fourth-order valence-corrected chi connectivity index (χ4v) is 0.893. The van der Waals surface area contributed by atoms with Gasteiger partial charge in [0.05, 0.1) is 0 Å². The summed E-state index contributed by atoms with van der Waals surface area (Å²) in [4.78, 5) is 22.3. The number of aromatic nitrogens is 1. The molecule has 6 nitrogen and oxygen atoms in total. The quantitative estimate of drug-likeness (QED) is 0.371. The maximum absolute atomic E-state index is 9.94. The highest BCUT2D eigenvalue weighted by molar-refractivity contribution is 7.18. The van der Waals surface area contributed by atoms with E-state index in [0.29, 0.717) is 11.3 Å². The predicted octanol–water partition coefficient (Wildman–Crippen LogP) is 1.45. The molecular weight excluding hydrogens is 158 g/mol. The average Bonchev–Trinajstić information content (AvgIpc) is 2.34. The monoisotopic (exact) mass is 159 g/mol. The van der Waals surface area contributed by atoms with E-state index in [2.05, 4.69) is 10.2 Å². The van der Waals surface area contributed by atoms with Crippen molar-refractivity contribution >= 4 is 21.5 Å². The van der Waals surface area contributed by atoms with Crippen LogP contribution in [0, 0.1) is 15.0 Å². The molecular formula is C3HN3O3S. The summed E-state index contributed by atoms with van der Waals surface area (Å²) in [6.45, 7) is 0. The molecule has 0 spiro atoms. The zero-order valence-corrected chi connectivity index (χ0v) is 5.37. The lowest BCUT2D eigenvalue weighted by Crippen LogP contribution is -1.83. The van der Waals surface area contributed by atoms with Gasteiger partial charge in [0.1, 0.15) is 0 Å². The average molecular weight is 159 g/mol. The second-order valence-electron chi connectivity index (χ2n) is 1.33. The number of hydrogen-bond acceptors (Lipinski definition) is 6. The molecule has 0 aliphatic carbocycles. The van der Waals surface area contributed by atoms with E-state index in [9.17, 15) is 15.0 Å². The van der Waals surface area contributed by atoms with Crippen LogP contribution in [0.3, 0.4) is 0 Å². The van der Waals surface area contributed by atoms with Crippen molar-refractivity contribution in [1.29, 1.82) is 0 Å². The van der Waals surface area contributed by atoms with Crippen molar-refractivity contribution in [3.05, 3.63) is 21.2 Å². The van der Waals surface area contributed by atoms with Crippen LogP contribution < -0.4 is 0 Å². The molecule has 0 amide bonds. The SMILES string of the molecule is O=Nc1cnc([N+](=O)[O-])s1. The van der Waals surface area contributed by atoms with Crippen LogP contribution in [0.25, 0.3) is 0 Å². The van der Waals surface area contributed by atoms with Gasteiger partial charge < -0.3 is 10.1 Å². The van der Waals surface area contributed by atoms with Crippen LogP contribution >= 0.6 is 11.3 Å². The van der Waals surface area contributed by atoms with Crippen molar-refractivity contribution in [3.63, 3.8) is 0 Å². The Morgan fingerprint density at radius 2 is 2.50 bits per heavy atom.